The summed E-state index contributed by atoms with van der Waals surface area (Å²) >= 11 is 0. The molecule has 0 bridgehead atoms. The number of ether oxygens (including phenoxy) is 1. The second-order valence-corrected chi connectivity index (χ2v) is 5.81. The standard InChI is InChI=1S/C20H18N4O4/c1-28-16-9-7-15(8-10-16)22-20(27)17-11-12-19(26)24(23-17)13-18(25)21-14-5-3-2-4-6-14/h2-12H,13H2,1H3,(H,21,25)(H,22,27). The zero-order valence-electron chi connectivity index (χ0n) is 15.1. The van der Waals surface area contributed by atoms with E-state index >= 15 is 0 Å². The Hall–Kier alpha value is -3.94. The number of methoxy groups -OCH3 is 1. The minimum atomic E-state index is -0.498. The lowest BCUT2D eigenvalue weighted by Crippen LogP contribution is -2.31. The molecule has 142 valence electrons. The molecule has 0 aliphatic heterocycles. The lowest BCUT2D eigenvalue weighted by atomic mass is 10.3. The van der Waals surface area contributed by atoms with Crippen LogP contribution in [-0.4, -0.2) is 28.7 Å². The third-order valence-electron chi connectivity index (χ3n) is 3.80. The second-order valence-electron chi connectivity index (χ2n) is 5.81. The first-order valence-electron chi connectivity index (χ1n) is 8.43. The van der Waals surface area contributed by atoms with Crippen molar-refractivity contribution in [2.75, 3.05) is 17.7 Å². The van der Waals surface area contributed by atoms with Crippen LogP contribution in [-0.2, 0) is 11.3 Å². The number of nitrogens with zero attached hydrogens (tertiary/aromatic N) is 2. The maximum atomic E-state index is 12.4. The SMILES string of the molecule is COc1ccc(NC(=O)c2ccc(=O)n(CC(=O)Nc3ccccc3)n2)cc1. The number of carbonyl (C=O) groups is 2. The highest BCUT2D eigenvalue weighted by Crippen LogP contribution is 2.15. The van der Waals surface area contributed by atoms with Crippen LogP contribution in [0.4, 0.5) is 11.4 Å². The van der Waals surface area contributed by atoms with E-state index in [4.69, 9.17) is 4.74 Å². The highest BCUT2D eigenvalue weighted by atomic mass is 16.5. The fourth-order valence-electron chi connectivity index (χ4n) is 2.41. The molecule has 0 fully saturated rings. The summed E-state index contributed by atoms with van der Waals surface area (Å²) in [6.07, 6.45) is 0. The lowest BCUT2D eigenvalue weighted by Gasteiger charge is -2.09. The van der Waals surface area contributed by atoms with Crippen LogP contribution < -0.4 is 20.9 Å². The van der Waals surface area contributed by atoms with Gasteiger partial charge in [0.05, 0.1) is 7.11 Å². The molecule has 0 aliphatic carbocycles. The molecule has 1 heterocycles. The van der Waals surface area contributed by atoms with E-state index in [0.29, 0.717) is 17.1 Å². The van der Waals surface area contributed by atoms with Crippen molar-refractivity contribution in [2.45, 2.75) is 6.54 Å². The van der Waals surface area contributed by atoms with E-state index in [9.17, 15) is 14.4 Å². The number of nitrogens with one attached hydrogen (secondary N) is 2. The molecule has 0 atom stereocenters. The fourth-order valence-corrected chi connectivity index (χ4v) is 2.41. The average molecular weight is 378 g/mol. The van der Waals surface area contributed by atoms with E-state index in [2.05, 4.69) is 15.7 Å². The Bertz CT molecular complexity index is 1030. The molecular weight excluding hydrogens is 360 g/mol. The zero-order valence-corrected chi connectivity index (χ0v) is 15.1. The minimum absolute atomic E-state index is 0.0166. The molecule has 0 aliphatic rings. The first-order valence-corrected chi connectivity index (χ1v) is 8.43. The highest BCUT2D eigenvalue weighted by Gasteiger charge is 2.12. The summed E-state index contributed by atoms with van der Waals surface area (Å²) in [7, 11) is 1.55. The van der Waals surface area contributed by atoms with Gasteiger partial charge in [-0.2, -0.15) is 5.10 Å². The third kappa shape index (κ3) is 4.82. The molecule has 0 unspecified atom stereocenters. The van der Waals surface area contributed by atoms with Crippen molar-refractivity contribution >= 4 is 23.2 Å². The van der Waals surface area contributed by atoms with Crippen molar-refractivity contribution in [3.8, 4) is 5.75 Å². The number of benzene rings is 2. The van der Waals surface area contributed by atoms with Gasteiger partial charge in [0.25, 0.3) is 11.5 Å². The monoisotopic (exact) mass is 378 g/mol. The number of rotatable bonds is 6. The first-order chi connectivity index (χ1) is 13.5. The van der Waals surface area contributed by atoms with Crippen molar-refractivity contribution in [1.82, 2.24) is 9.78 Å². The summed E-state index contributed by atoms with van der Waals surface area (Å²) in [5.41, 5.74) is 0.688. The maximum absolute atomic E-state index is 12.4. The van der Waals surface area contributed by atoms with E-state index in [1.54, 1.807) is 55.6 Å². The summed E-state index contributed by atoms with van der Waals surface area (Å²) < 4.78 is 6.01. The molecule has 8 heteroatoms. The summed E-state index contributed by atoms with van der Waals surface area (Å²) in [4.78, 5) is 36.5. The molecule has 2 aromatic carbocycles. The fraction of sp³-hybridized carbons (Fsp3) is 0.100. The van der Waals surface area contributed by atoms with Gasteiger partial charge in [-0.3, -0.25) is 14.4 Å². The van der Waals surface area contributed by atoms with Gasteiger partial charge in [-0.25, -0.2) is 4.68 Å². The van der Waals surface area contributed by atoms with Gasteiger partial charge in [-0.1, -0.05) is 18.2 Å². The molecule has 2 N–H and O–H groups in total. The predicted octanol–water partition coefficient (Wildman–Crippen LogP) is 2.14. The predicted molar refractivity (Wildman–Crippen MR) is 105 cm³/mol. The molecule has 0 saturated heterocycles. The summed E-state index contributed by atoms with van der Waals surface area (Å²) in [6.45, 7) is -0.308. The number of aromatic nitrogens is 2. The summed E-state index contributed by atoms with van der Waals surface area (Å²) in [5.74, 6) is -0.259. The van der Waals surface area contributed by atoms with Gasteiger partial charge in [0, 0.05) is 17.4 Å². The molecule has 1 aromatic heterocycles. The first kappa shape index (κ1) is 18.8. The molecule has 8 nitrogen and oxygen atoms in total. The zero-order chi connectivity index (χ0) is 19.9. The van der Waals surface area contributed by atoms with E-state index < -0.39 is 17.4 Å². The largest absolute Gasteiger partial charge is 0.497 e. The minimum Gasteiger partial charge on any atom is -0.497 e. The molecule has 3 rings (SSSR count). The maximum Gasteiger partial charge on any atom is 0.276 e. The molecular formula is C20H18N4O4. The van der Waals surface area contributed by atoms with Gasteiger partial charge < -0.3 is 15.4 Å². The van der Waals surface area contributed by atoms with Crippen molar-refractivity contribution in [1.29, 1.82) is 0 Å². The number of anilines is 2. The lowest BCUT2D eigenvalue weighted by molar-refractivity contribution is -0.117. The molecule has 28 heavy (non-hydrogen) atoms. The van der Waals surface area contributed by atoms with Crippen LogP contribution in [0.5, 0.6) is 5.75 Å². The van der Waals surface area contributed by atoms with Gasteiger partial charge >= 0.3 is 0 Å². The van der Waals surface area contributed by atoms with Crippen LogP contribution in [0.15, 0.2) is 71.5 Å². The number of hydrogen-bond acceptors (Lipinski definition) is 5. The van der Waals surface area contributed by atoms with Crippen LogP contribution in [0.3, 0.4) is 0 Å². The number of para-hydroxylation sites is 1. The quantitative estimate of drug-likeness (QED) is 0.684. The van der Waals surface area contributed by atoms with Gasteiger partial charge in [-0.15, -0.1) is 0 Å². The second kappa shape index (κ2) is 8.63. The number of hydrogen-bond donors (Lipinski definition) is 2. The van der Waals surface area contributed by atoms with Crippen molar-refractivity contribution in [3.05, 3.63) is 82.8 Å². The molecule has 0 radical (unpaired) electrons. The van der Waals surface area contributed by atoms with E-state index in [1.165, 1.54) is 12.1 Å². The van der Waals surface area contributed by atoms with Crippen LogP contribution in [0.25, 0.3) is 0 Å². The van der Waals surface area contributed by atoms with Crippen molar-refractivity contribution in [2.24, 2.45) is 0 Å². The number of amides is 2. The van der Waals surface area contributed by atoms with Crippen LogP contribution in [0, 0.1) is 0 Å². The Kier molecular flexibility index (Phi) is 5.81. The van der Waals surface area contributed by atoms with Gasteiger partial charge in [0.1, 0.15) is 18.0 Å². The molecule has 0 spiro atoms. The van der Waals surface area contributed by atoms with E-state index in [0.717, 1.165) is 4.68 Å². The molecule has 3 aromatic rings. The van der Waals surface area contributed by atoms with E-state index in [-0.39, 0.29) is 12.2 Å². The Balaban J connectivity index is 1.70. The molecule has 0 saturated carbocycles. The Labute approximate surface area is 160 Å². The molecule has 2 amide bonds. The van der Waals surface area contributed by atoms with Crippen molar-refractivity contribution in [3.63, 3.8) is 0 Å². The normalized spacial score (nSPS) is 10.2. The Morgan fingerprint density at radius 3 is 2.29 bits per heavy atom. The average Bonchev–Trinajstić information content (AvgIpc) is 2.71. The van der Waals surface area contributed by atoms with Crippen LogP contribution in [0.2, 0.25) is 0 Å². The third-order valence-corrected chi connectivity index (χ3v) is 3.80. The Morgan fingerprint density at radius 2 is 1.61 bits per heavy atom. The van der Waals surface area contributed by atoms with Crippen LogP contribution in [0.1, 0.15) is 10.5 Å². The smallest absolute Gasteiger partial charge is 0.276 e. The van der Waals surface area contributed by atoms with Gasteiger partial charge in [-0.05, 0) is 42.5 Å². The van der Waals surface area contributed by atoms with E-state index in [1.807, 2.05) is 6.07 Å². The van der Waals surface area contributed by atoms with Crippen molar-refractivity contribution < 1.29 is 14.3 Å². The summed E-state index contributed by atoms with van der Waals surface area (Å²) in [6, 6.07) is 18.1. The highest BCUT2D eigenvalue weighted by molar-refractivity contribution is 6.02. The number of carbonyl (C=O) groups excluding carboxylic acids is 2. The van der Waals surface area contributed by atoms with Crippen LogP contribution >= 0.6 is 0 Å². The summed E-state index contributed by atoms with van der Waals surface area (Å²) in [5, 5.41) is 9.33. The topological polar surface area (TPSA) is 102 Å². The van der Waals surface area contributed by atoms with Gasteiger partial charge in [0.2, 0.25) is 5.91 Å². The Morgan fingerprint density at radius 1 is 0.929 bits per heavy atom. The van der Waals surface area contributed by atoms with Gasteiger partial charge in [0.15, 0.2) is 0 Å².